The molecule has 0 aliphatic rings. The maximum Gasteiger partial charge on any atom is 0.316 e. The van der Waals surface area contributed by atoms with E-state index in [-0.39, 0.29) is 5.95 Å². The summed E-state index contributed by atoms with van der Waals surface area (Å²) in [7, 11) is 2.98. The minimum Gasteiger partial charge on any atom is -0.493 e. The number of anilines is 2. The van der Waals surface area contributed by atoms with E-state index in [4.69, 9.17) is 9.47 Å². The minimum atomic E-state index is -0.874. The molecule has 0 saturated heterocycles. The predicted molar refractivity (Wildman–Crippen MR) is 78.8 cm³/mol. The third kappa shape index (κ3) is 3.69. The predicted octanol–water partition coefficient (Wildman–Crippen LogP) is 1.07. The highest BCUT2D eigenvalue weighted by molar-refractivity contribution is 6.43. The molecule has 2 aromatic rings. The van der Waals surface area contributed by atoms with Gasteiger partial charge in [0.1, 0.15) is 0 Å². The fourth-order valence-electron chi connectivity index (χ4n) is 1.62. The van der Waals surface area contributed by atoms with Crippen molar-refractivity contribution in [2.24, 2.45) is 0 Å². The molecule has 0 radical (unpaired) electrons. The van der Waals surface area contributed by atoms with E-state index < -0.39 is 11.8 Å². The van der Waals surface area contributed by atoms with E-state index in [1.165, 1.54) is 26.6 Å². The molecular weight excluding hydrogens is 288 g/mol. The summed E-state index contributed by atoms with van der Waals surface area (Å²) in [6, 6.07) is 6.35. The summed E-state index contributed by atoms with van der Waals surface area (Å²) < 4.78 is 10.2. The number of carbonyl (C=O) groups is 2. The van der Waals surface area contributed by atoms with E-state index in [9.17, 15) is 9.59 Å². The number of amides is 2. The Morgan fingerprint density at radius 3 is 2.23 bits per heavy atom. The molecule has 2 N–H and O–H groups in total. The monoisotopic (exact) mass is 302 g/mol. The number of carbonyl (C=O) groups excluding carboxylic acids is 2. The smallest absolute Gasteiger partial charge is 0.316 e. The lowest BCUT2D eigenvalue weighted by molar-refractivity contribution is -0.133. The second kappa shape index (κ2) is 7.02. The maximum atomic E-state index is 11.8. The number of methoxy groups -OCH3 is 2. The van der Waals surface area contributed by atoms with Gasteiger partial charge in [-0.25, -0.2) is 9.97 Å². The van der Waals surface area contributed by atoms with Crippen LogP contribution in [0.25, 0.3) is 0 Å². The van der Waals surface area contributed by atoms with E-state index in [2.05, 4.69) is 20.6 Å². The van der Waals surface area contributed by atoms with Gasteiger partial charge in [0.15, 0.2) is 11.5 Å². The van der Waals surface area contributed by atoms with Crippen LogP contribution in [-0.4, -0.2) is 36.0 Å². The number of ether oxygens (including phenoxy) is 2. The van der Waals surface area contributed by atoms with Crippen LogP contribution in [0.15, 0.2) is 36.7 Å². The molecule has 0 aliphatic heterocycles. The number of hydrogen-bond acceptors (Lipinski definition) is 6. The first-order valence-electron chi connectivity index (χ1n) is 6.25. The van der Waals surface area contributed by atoms with Crippen LogP contribution >= 0.6 is 0 Å². The zero-order chi connectivity index (χ0) is 15.9. The molecule has 8 heteroatoms. The van der Waals surface area contributed by atoms with Gasteiger partial charge >= 0.3 is 11.8 Å². The second-order valence-corrected chi connectivity index (χ2v) is 4.05. The molecule has 1 heterocycles. The number of benzene rings is 1. The molecule has 22 heavy (non-hydrogen) atoms. The third-order valence-corrected chi connectivity index (χ3v) is 2.64. The molecule has 1 aromatic heterocycles. The second-order valence-electron chi connectivity index (χ2n) is 4.05. The van der Waals surface area contributed by atoms with Crippen LogP contribution < -0.4 is 20.1 Å². The van der Waals surface area contributed by atoms with Crippen molar-refractivity contribution in [2.45, 2.75) is 0 Å². The number of hydrogen-bond donors (Lipinski definition) is 2. The summed E-state index contributed by atoms with van der Waals surface area (Å²) >= 11 is 0. The first kappa shape index (κ1) is 15.2. The fourth-order valence-corrected chi connectivity index (χ4v) is 1.62. The van der Waals surface area contributed by atoms with Crippen molar-refractivity contribution >= 4 is 23.5 Å². The van der Waals surface area contributed by atoms with Crippen molar-refractivity contribution in [3.63, 3.8) is 0 Å². The molecule has 2 amide bonds. The Labute approximate surface area is 126 Å². The fraction of sp³-hybridized carbons (Fsp3) is 0.143. The van der Waals surface area contributed by atoms with Crippen molar-refractivity contribution in [1.82, 2.24) is 9.97 Å². The largest absolute Gasteiger partial charge is 0.493 e. The zero-order valence-corrected chi connectivity index (χ0v) is 12.0. The Balaban J connectivity index is 2.04. The lowest BCUT2D eigenvalue weighted by Crippen LogP contribution is -2.29. The lowest BCUT2D eigenvalue weighted by atomic mass is 10.2. The van der Waals surface area contributed by atoms with Gasteiger partial charge in [-0.15, -0.1) is 0 Å². The Morgan fingerprint density at radius 2 is 1.59 bits per heavy atom. The summed E-state index contributed by atoms with van der Waals surface area (Å²) in [4.78, 5) is 31.2. The van der Waals surface area contributed by atoms with Gasteiger partial charge in [-0.2, -0.15) is 0 Å². The molecule has 0 bridgehead atoms. The van der Waals surface area contributed by atoms with Gasteiger partial charge in [0, 0.05) is 24.1 Å². The topological polar surface area (TPSA) is 102 Å². The highest BCUT2D eigenvalue weighted by Crippen LogP contribution is 2.29. The van der Waals surface area contributed by atoms with Crippen LogP contribution in [0.4, 0.5) is 11.6 Å². The van der Waals surface area contributed by atoms with Crippen molar-refractivity contribution < 1.29 is 19.1 Å². The highest BCUT2D eigenvalue weighted by atomic mass is 16.5. The summed E-state index contributed by atoms with van der Waals surface area (Å²) in [6.07, 6.45) is 2.91. The molecule has 0 fully saturated rings. The summed E-state index contributed by atoms with van der Waals surface area (Å²) in [5.74, 6) is -0.717. The Bertz CT molecular complexity index is 676. The molecule has 8 nitrogen and oxygen atoms in total. The van der Waals surface area contributed by atoms with E-state index in [0.29, 0.717) is 17.2 Å². The molecule has 0 unspecified atom stereocenters. The number of nitrogens with one attached hydrogen (secondary N) is 2. The normalized spacial score (nSPS) is 9.73. The van der Waals surface area contributed by atoms with Gasteiger partial charge in [0.05, 0.1) is 14.2 Å². The number of aromatic nitrogens is 2. The van der Waals surface area contributed by atoms with E-state index in [0.717, 1.165) is 0 Å². The summed E-state index contributed by atoms with van der Waals surface area (Å²) in [5.41, 5.74) is 0.395. The Kier molecular flexibility index (Phi) is 4.86. The first-order chi connectivity index (χ1) is 10.6. The summed E-state index contributed by atoms with van der Waals surface area (Å²) in [5, 5.41) is 4.73. The lowest BCUT2D eigenvalue weighted by Gasteiger charge is -2.10. The van der Waals surface area contributed by atoms with Crippen molar-refractivity contribution in [2.75, 3.05) is 24.9 Å². The van der Waals surface area contributed by atoms with Crippen molar-refractivity contribution in [1.29, 1.82) is 0 Å². The minimum absolute atomic E-state index is 0.0509. The average molecular weight is 302 g/mol. The van der Waals surface area contributed by atoms with Crippen LogP contribution in [0.2, 0.25) is 0 Å². The number of rotatable bonds is 4. The Hall–Kier alpha value is -3.16. The third-order valence-electron chi connectivity index (χ3n) is 2.64. The maximum absolute atomic E-state index is 11.8. The van der Waals surface area contributed by atoms with Gasteiger partial charge in [-0.3, -0.25) is 14.9 Å². The SMILES string of the molecule is COc1ccc(NC(=O)C(=O)Nc2ncccn2)cc1OC. The highest BCUT2D eigenvalue weighted by Gasteiger charge is 2.16. The molecular formula is C14H14N4O4. The van der Waals surface area contributed by atoms with Crippen LogP contribution in [0.3, 0.4) is 0 Å². The van der Waals surface area contributed by atoms with Crippen LogP contribution in [-0.2, 0) is 9.59 Å². The van der Waals surface area contributed by atoms with Crippen LogP contribution in [0.1, 0.15) is 0 Å². The molecule has 0 aliphatic carbocycles. The van der Waals surface area contributed by atoms with Gasteiger partial charge in [0.25, 0.3) is 0 Å². The van der Waals surface area contributed by atoms with Gasteiger partial charge in [-0.05, 0) is 18.2 Å². The first-order valence-corrected chi connectivity index (χ1v) is 6.25. The van der Waals surface area contributed by atoms with Crippen molar-refractivity contribution in [3.05, 3.63) is 36.7 Å². The molecule has 114 valence electrons. The molecule has 0 saturated carbocycles. The molecule has 0 spiro atoms. The van der Waals surface area contributed by atoms with Crippen LogP contribution in [0, 0.1) is 0 Å². The van der Waals surface area contributed by atoms with Gasteiger partial charge in [-0.1, -0.05) is 0 Å². The number of nitrogens with zero attached hydrogens (tertiary/aromatic N) is 2. The molecule has 1 aromatic carbocycles. The van der Waals surface area contributed by atoms with Crippen molar-refractivity contribution in [3.8, 4) is 11.5 Å². The average Bonchev–Trinajstić information content (AvgIpc) is 2.55. The Morgan fingerprint density at radius 1 is 0.955 bits per heavy atom. The van der Waals surface area contributed by atoms with E-state index in [1.807, 2.05) is 0 Å². The van der Waals surface area contributed by atoms with Gasteiger partial charge in [0.2, 0.25) is 5.95 Å². The quantitative estimate of drug-likeness (QED) is 0.819. The van der Waals surface area contributed by atoms with E-state index >= 15 is 0 Å². The molecule has 2 rings (SSSR count). The van der Waals surface area contributed by atoms with Gasteiger partial charge < -0.3 is 14.8 Å². The van der Waals surface area contributed by atoms with E-state index in [1.54, 1.807) is 24.3 Å². The summed E-state index contributed by atoms with van der Waals surface area (Å²) in [6.45, 7) is 0. The zero-order valence-electron chi connectivity index (χ0n) is 12.0. The standard InChI is InChI=1S/C14H14N4O4/c1-21-10-5-4-9(8-11(10)22-2)17-12(19)13(20)18-14-15-6-3-7-16-14/h3-8H,1-2H3,(H,17,19)(H,15,16,18,20). The molecule has 0 atom stereocenters. The van der Waals surface area contributed by atoms with Crippen LogP contribution in [0.5, 0.6) is 11.5 Å².